The smallest absolute Gasteiger partial charge is 0.191 e. The fourth-order valence-corrected chi connectivity index (χ4v) is 2.97. The van der Waals surface area contributed by atoms with E-state index >= 15 is 0 Å². The van der Waals surface area contributed by atoms with Crippen LogP contribution in [-0.4, -0.2) is 77.6 Å². The summed E-state index contributed by atoms with van der Waals surface area (Å²) in [6.45, 7) is 9.13. The van der Waals surface area contributed by atoms with Gasteiger partial charge in [-0.25, -0.2) is 4.99 Å². The first-order valence-electron chi connectivity index (χ1n) is 10.7. The highest BCUT2D eigenvalue weighted by molar-refractivity contribution is 5.79. The van der Waals surface area contributed by atoms with E-state index in [0.29, 0.717) is 19.1 Å². The van der Waals surface area contributed by atoms with E-state index in [1.807, 2.05) is 32.3 Å². The third-order valence-corrected chi connectivity index (χ3v) is 4.66. The lowest BCUT2D eigenvalue weighted by Gasteiger charge is -2.14. The van der Waals surface area contributed by atoms with Gasteiger partial charge >= 0.3 is 0 Å². The molecule has 7 nitrogen and oxygen atoms in total. The van der Waals surface area contributed by atoms with Gasteiger partial charge in [-0.1, -0.05) is 18.2 Å². The van der Waals surface area contributed by atoms with Gasteiger partial charge in [0, 0.05) is 44.3 Å². The Morgan fingerprint density at radius 2 is 2.10 bits per heavy atom. The second-order valence-electron chi connectivity index (χ2n) is 7.54. The van der Waals surface area contributed by atoms with Gasteiger partial charge < -0.3 is 29.7 Å². The van der Waals surface area contributed by atoms with E-state index in [1.165, 1.54) is 0 Å². The van der Waals surface area contributed by atoms with Crippen LogP contribution < -0.4 is 15.4 Å². The van der Waals surface area contributed by atoms with Gasteiger partial charge in [0.15, 0.2) is 5.96 Å². The number of guanidine groups is 1. The van der Waals surface area contributed by atoms with Gasteiger partial charge in [0.05, 0.1) is 19.8 Å². The third kappa shape index (κ3) is 9.96. The van der Waals surface area contributed by atoms with Crippen LogP contribution in [-0.2, 0) is 16.0 Å². The average Bonchev–Trinajstić information content (AvgIpc) is 3.22. The predicted molar refractivity (Wildman–Crippen MR) is 118 cm³/mol. The summed E-state index contributed by atoms with van der Waals surface area (Å²) in [5.74, 6) is 2.29. The number of likely N-dealkylation sites (N-methyl/N-ethyl adjacent to an activating group) is 1. The molecule has 1 aliphatic heterocycles. The summed E-state index contributed by atoms with van der Waals surface area (Å²) in [6, 6.07) is 8.10. The minimum Gasteiger partial charge on any atom is -0.492 e. The number of nitrogens with zero attached hydrogens (tertiary/aromatic N) is 2. The van der Waals surface area contributed by atoms with E-state index < -0.39 is 0 Å². The molecule has 164 valence electrons. The lowest BCUT2D eigenvalue weighted by Crippen LogP contribution is -2.38. The monoisotopic (exact) mass is 406 g/mol. The molecule has 0 bridgehead atoms. The molecule has 2 N–H and O–H groups in total. The van der Waals surface area contributed by atoms with E-state index in [9.17, 15) is 0 Å². The summed E-state index contributed by atoms with van der Waals surface area (Å²) in [6.07, 6.45) is 2.07. The van der Waals surface area contributed by atoms with Crippen molar-refractivity contribution in [2.24, 2.45) is 10.9 Å². The molecule has 1 saturated heterocycles. The van der Waals surface area contributed by atoms with Gasteiger partial charge in [-0.3, -0.25) is 0 Å². The maximum absolute atomic E-state index is 5.93. The second kappa shape index (κ2) is 14.2. The molecular weight excluding hydrogens is 368 g/mol. The van der Waals surface area contributed by atoms with Crippen LogP contribution in [0.15, 0.2) is 29.3 Å². The summed E-state index contributed by atoms with van der Waals surface area (Å²) >= 11 is 0. The summed E-state index contributed by atoms with van der Waals surface area (Å²) in [5.41, 5.74) is 1.09. The van der Waals surface area contributed by atoms with Crippen LogP contribution in [0.1, 0.15) is 25.3 Å². The molecular formula is C22H38N4O3. The number of nitrogens with one attached hydrogen (secondary N) is 2. The normalized spacial score (nSPS) is 17.0. The summed E-state index contributed by atoms with van der Waals surface area (Å²) in [5, 5.41) is 6.68. The summed E-state index contributed by atoms with van der Waals surface area (Å²) < 4.78 is 17.1. The SMILES string of the molecule is CCNC(=NCc1ccccc1OCCN(C)C)NCCCOCC1CCOC1. The molecule has 0 radical (unpaired) electrons. The Hall–Kier alpha value is -1.83. The lowest BCUT2D eigenvalue weighted by atomic mass is 10.1. The van der Waals surface area contributed by atoms with E-state index in [-0.39, 0.29) is 0 Å². The first-order valence-corrected chi connectivity index (χ1v) is 10.7. The molecule has 0 aliphatic carbocycles. The molecule has 1 heterocycles. The van der Waals surface area contributed by atoms with Gasteiger partial charge in [0.25, 0.3) is 0 Å². The Kier molecular flexibility index (Phi) is 11.5. The number of aliphatic imine (C=N–C) groups is 1. The number of hydrogen-bond donors (Lipinski definition) is 2. The Labute approximate surface area is 175 Å². The molecule has 1 fully saturated rings. The molecule has 0 saturated carbocycles. The van der Waals surface area contributed by atoms with Crippen molar-refractivity contribution in [3.05, 3.63) is 29.8 Å². The van der Waals surface area contributed by atoms with Crippen molar-refractivity contribution in [1.82, 2.24) is 15.5 Å². The van der Waals surface area contributed by atoms with Gasteiger partial charge in [0.1, 0.15) is 12.4 Å². The fraction of sp³-hybridized carbons (Fsp3) is 0.682. The highest BCUT2D eigenvalue weighted by Crippen LogP contribution is 2.18. The average molecular weight is 407 g/mol. The van der Waals surface area contributed by atoms with Gasteiger partial charge in [-0.05, 0) is 39.9 Å². The van der Waals surface area contributed by atoms with Crippen molar-refractivity contribution in [2.75, 3.05) is 66.8 Å². The minimum absolute atomic E-state index is 0.571. The first kappa shape index (κ1) is 23.4. The topological polar surface area (TPSA) is 67.4 Å². The van der Waals surface area contributed by atoms with Gasteiger partial charge in [-0.15, -0.1) is 0 Å². The molecule has 1 atom stereocenters. The Bertz CT molecular complexity index is 589. The molecule has 0 spiro atoms. The zero-order chi connectivity index (χ0) is 20.7. The number of para-hydroxylation sites is 1. The van der Waals surface area contributed by atoms with E-state index in [2.05, 4.69) is 28.5 Å². The van der Waals surface area contributed by atoms with Crippen LogP contribution >= 0.6 is 0 Å². The van der Waals surface area contributed by atoms with Crippen molar-refractivity contribution in [1.29, 1.82) is 0 Å². The van der Waals surface area contributed by atoms with Crippen molar-refractivity contribution in [2.45, 2.75) is 26.3 Å². The van der Waals surface area contributed by atoms with Crippen molar-refractivity contribution >= 4 is 5.96 Å². The highest BCUT2D eigenvalue weighted by Gasteiger charge is 2.15. The molecule has 2 rings (SSSR count). The minimum atomic E-state index is 0.571. The number of benzene rings is 1. The lowest BCUT2D eigenvalue weighted by molar-refractivity contribution is 0.0888. The number of ether oxygens (including phenoxy) is 3. The zero-order valence-electron chi connectivity index (χ0n) is 18.3. The molecule has 1 unspecified atom stereocenters. The molecule has 1 aromatic carbocycles. The maximum Gasteiger partial charge on any atom is 0.191 e. The number of rotatable bonds is 13. The fourth-order valence-electron chi connectivity index (χ4n) is 2.97. The van der Waals surface area contributed by atoms with E-state index in [0.717, 1.165) is 76.2 Å². The Morgan fingerprint density at radius 3 is 2.86 bits per heavy atom. The van der Waals surface area contributed by atoms with Gasteiger partial charge in [-0.2, -0.15) is 0 Å². The van der Waals surface area contributed by atoms with Gasteiger partial charge in [0.2, 0.25) is 0 Å². The van der Waals surface area contributed by atoms with Crippen LogP contribution in [0.4, 0.5) is 0 Å². The molecule has 29 heavy (non-hydrogen) atoms. The number of hydrogen-bond acceptors (Lipinski definition) is 5. The molecule has 1 aromatic rings. The molecule has 0 amide bonds. The molecule has 7 heteroatoms. The van der Waals surface area contributed by atoms with Crippen LogP contribution in [0.2, 0.25) is 0 Å². The quantitative estimate of drug-likeness (QED) is 0.297. The molecule has 1 aliphatic rings. The maximum atomic E-state index is 5.93. The highest BCUT2D eigenvalue weighted by atomic mass is 16.5. The second-order valence-corrected chi connectivity index (χ2v) is 7.54. The van der Waals surface area contributed by atoms with Crippen molar-refractivity contribution < 1.29 is 14.2 Å². The van der Waals surface area contributed by atoms with E-state index in [1.54, 1.807) is 0 Å². The van der Waals surface area contributed by atoms with Crippen molar-refractivity contribution in [3.8, 4) is 5.75 Å². The Balaban J connectivity index is 1.73. The third-order valence-electron chi connectivity index (χ3n) is 4.66. The predicted octanol–water partition coefficient (Wildman–Crippen LogP) is 2.13. The molecule has 0 aromatic heterocycles. The first-order chi connectivity index (χ1) is 14.2. The van der Waals surface area contributed by atoms with E-state index in [4.69, 9.17) is 19.2 Å². The standard InChI is InChI=1S/C22H38N4O3/c1-4-23-22(24-11-7-13-27-17-19-10-14-28-18-19)25-16-20-8-5-6-9-21(20)29-15-12-26(2)3/h5-6,8-9,19H,4,7,10-18H2,1-3H3,(H2,23,24,25). The summed E-state index contributed by atoms with van der Waals surface area (Å²) in [4.78, 5) is 6.83. The summed E-state index contributed by atoms with van der Waals surface area (Å²) in [7, 11) is 4.09. The zero-order valence-corrected chi connectivity index (χ0v) is 18.3. The van der Waals surface area contributed by atoms with Crippen LogP contribution in [0.3, 0.4) is 0 Å². The van der Waals surface area contributed by atoms with Crippen LogP contribution in [0.25, 0.3) is 0 Å². The largest absolute Gasteiger partial charge is 0.492 e. The van der Waals surface area contributed by atoms with Crippen molar-refractivity contribution in [3.63, 3.8) is 0 Å². The Morgan fingerprint density at radius 1 is 1.24 bits per heavy atom. The van der Waals surface area contributed by atoms with Crippen LogP contribution in [0, 0.1) is 5.92 Å². The van der Waals surface area contributed by atoms with Crippen LogP contribution in [0.5, 0.6) is 5.75 Å².